The van der Waals surface area contributed by atoms with Gasteiger partial charge in [0, 0.05) is 22.9 Å². The zero-order valence-corrected chi connectivity index (χ0v) is 14.8. The van der Waals surface area contributed by atoms with Gasteiger partial charge in [0.15, 0.2) is 6.10 Å². The van der Waals surface area contributed by atoms with Gasteiger partial charge in [-0.05, 0) is 43.3 Å². The zero-order valence-electron chi connectivity index (χ0n) is 14.8. The third kappa shape index (κ3) is 4.79. The Hall–Kier alpha value is -2.89. The van der Waals surface area contributed by atoms with Crippen molar-refractivity contribution in [1.82, 2.24) is 4.98 Å². The van der Waals surface area contributed by atoms with Crippen LogP contribution >= 0.6 is 0 Å². The quantitative estimate of drug-likeness (QED) is 0.643. The van der Waals surface area contributed by atoms with Crippen molar-refractivity contribution in [3.8, 4) is 0 Å². The summed E-state index contributed by atoms with van der Waals surface area (Å²) in [4.78, 5) is 38.9. The molecule has 0 aliphatic carbocycles. The van der Waals surface area contributed by atoms with Gasteiger partial charge in [0.2, 0.25) is 11.7 Å². The van der Waals surface area contributed by atoms with Gasteiger partial charge in [-0.1, -0.05) is 20.8 Å². The lowest BCUT2D eigenvalue weighted by Crippen LogP contribution is -2.27. The summed E-state index contributed by atoms with van der Waals surface area (Å²) in [5, 5.41) is 2.79. The van der Waals surface area contributed by atoms with Crippen molar-refractivity contribution >= 4 is 23.3 Å². The van der Waals surface area contributed by atoms with Crippen molar-refractivity contribution < 1.29 is 19.1 Å². The van der Waals surface area contributed by atoms with Gasteiger partial charge >= 0.3 is 5.97 Å². The number of rotatable bonds is 5. The Morgan fingerprint density at radius 1 is 1.08 bits per heavy atom. The molecule has 2 N–H and O–H groups in total. The largest absolute Gasteiger partial charge is 0.450 e. The maximum absolute atomic E-state index is 12.4. The molecule has 0 fully saturated rings. The van der Waals surface area contributed by atoms with Crippen LogP contribution in [0.5, 0.6) is 0 Å². The highest BCUT2D eigenvalue weighted by atomic mass is 16.5. The van der Waals surface area contributed by atoms with E-state index in [0.29, 0.717) is 16.9 Å². The van der Waals surface area contributed by atoms with Gasteiger partial charge in [0.25, 0.3) is 0 Å². The third-order valence-corrected chi connectivity index (χ3v) is 3.58. The molecule has 1 aromatic carbocycles. The molecule has 0 saturated heterocycles. The second-order valence-electron chi connectivity index (χ2n) is 6.78. The summed E-state index contributed by atoms with van der Waals surface area (Å²) in [6.07, 6.45) is 0.694. The van der Waals surface area contributed by atoms with Crippen molar-refractivity contribution in [3.63, 3.8) is 0 Å². The summed E-state index contributed by atoms with van der Waals surface area (Å²) < 4.78 is 5.16. The molecule has 2 aromatic rings. The first kappa shape index (κ1) is 18.4. The molecule has 0 radical (unpaired) electrons. The maximum atomic E-state index is 12.4. The van der Waals surface area contributed by atoms with Crippen LogP contribution in [0.2, 0.25) is 0 Å². The molecule has 0 unspecified atom stereocenters. The number of amides is 1. The fourth-order valence-electron chi connectivity index (χ4n) is 2.01. The van der Waals surface area contributed by atoms with E-state index in [1.165, 1.54) is 6.92 Å². The van der Waals surface area contributed by atoms with E-state index in [-0.39, 0.29) is 11.7 Å². The van der Waals surface area contributed by atoms with Crippen LogP contribution < -0.4 is 5.32 Å². The number of ether oxygens (including phenoxy) is 1. The van der Waals surface area contributed by atoms with Crippen LogP contribution in [0, 0.1) is 5.41 Å². The first-order chi connectivity index (χ1) is 11.7. The fourth-order valence-corrected chi connectivity index (χ4v) is 2.01. The van der Waals surface area contributed by atoms with Crippen LogP contribution in [0.25, 0.3) is 0 Å². The molecule has 0 aliphatic heterocycles. The monoisotopic (exact) mass is 342 g/mol. The first-order valence-corrected chi connectivity index (χ1v) is 7.98. The van der Waals surface area contributed by atoms with E-state index in [2.05, 4.69) is 10.3 Å². The van der Waals surface area contributed by atoms with Crippen LogP contribution in [0.4, 0.5) is 5.69 Å². The molecular weight excluding hydrogens is 320 g/mol. The minimum Gasteiger partial charge on any atom is -0.450 e. The highest BCUT2D eigenvalue weighted by Crippen LogP contribution is 2.18. The fraction of sp³-hybridized carbons (Fsp3) is 0.316. The van der Waals surface area contributed by atoms with Crippen LogP contribution in [0.15, 0.2) is 42.6 Å². The van der Waals surface area contributed by atoms with Crippen LogP contribution in [0.1, 0.15) is 48.5 Å². The van der Waals surface area contributed by atoms with Gasteiger partial charge in [-0.25, -0.2) is 4.79 Å². The number of carbonyl (C=O) groups is 3. The number of Topliss-reactive ketones (excluding diaryl/α,β-unsaturated/α-hetero) is 1. The standard InChI is InChI=1S/C19H22N2O4/c1-12(25-17(23)15-6-5-11-20-15)16(22)13-7-9-14(10-8-13)21-18(24)19(2,3)4/h5-12,20H,1-4H3,(H,21,24)/t12-/m1/s1. The molecule has 1 atom stereocenters. The number of H-pyrrole nitrogens is 1. The van der Waals surface area contributed by atoms with Gasteiger partial charge < -0.3 is 15.0 Å². The number of hydrogen-bond donors (Lipinski definition) is 2. The molecule has 0 saturated carbocycles. The molecule has 25 heavy (non-hydrogen) atoms. The Kier molecular flexibility index (Phi) is 5.41. The van der Waals surface area contributed by atoms with Crippen molar-refractivity contribution in [1.29, 1.82) is 0 Å². The SMILES string of the molecule is C[C@@H](OC(=O)c1ccc[nH]1)C(=O)c1ccc(NC(=O)C(C)(C)C)cc1. The molecule has 1 amide bonds. The highest BCUT2D eigenvalue weighted by Gasteiger charge is 2.22. The van der Waals surface area contributed by atoms with Gasteiger partial charge in [-0.2, -0.15) is 0 Å². The molecule has 0 spiro atoms. The van der Waals surface area contributed by atoms with E-state index < -0.39 is 17.5 Å². The van der Waals surface area contributed by atoms with Gasteiger partial charge in [0.05, 0.1) is 0 Å². The van der Waals surface area contributed by atoms with Crippen molar-refractivity contribution in [3.05, 3.63) is 53.9 Å². The van der Waals surface area contributed by atoms with E-state index in [0.717, 1.165) is 0 Å². The number of ketones is 1. The number of nitrogens with one attached hydrogen (secondary N) is 2. The van der Waals surface area contributed by atoms with Crippen molar-refractivity contribution in [2.45, 2.75) is 33.8 Å². The second-order valence-corrected chi connectivity index (χ2v) is 6.78. The Labute approximate surface area is 146 Å². The van der Waals surface area contributed by atoms with Crippen molar-refractivity contribution in [2.24, 2.45) is 5.41 Å². The summed E-state index contributed by atoms with van der Waals surface area (Å²) in [5.41, 5.74) is 0.794. The number of carbonyl (C=O) groups excluding carboxylic acids is 3. The Morgan fingerprint density at radius 2 is 1.72 bits per heavy atom. The summed E-state index contributed by atoms with van der Waals surface area (Å²) >= 11 is 0. The highest BCUT2D eigenvalue weighted by molar-refractivity contribution is 6.02. The maximum Gasteiger partial charge on any atom is 0.355 e. The molecule has 0 bridgehead atoms. The smallest absolute Gasteiger partial charge is 0.355 e. The van der Waals surface area contributed by atoms with Crippen LogP contribution in [0.3, 0.4) is 0 Å². The number of hydrogen-bond acceptors (Lipinski definition) is 4. The number of aromatic amines is 1. The number of benzene rings is 1. The molecule has 1 heterocycles. The van der Waals surface area contributed by atoms with E-state index >= 15 is 0 Å². The van der Waals surface area contributed by atoms with Gasteiger partial charge in [-0.3, -0.25) is 9.59 Å². The van der Waals surface area contributed by atoms with E-state index in [1.807, 2.05) is 20.8 Å². The molecule has 6 heteroatoms. The van der Waals surface area contributed by atoms with Crippen molar-refractivity contribution in [2.75, 3.05) is 5.32 Å². The van der Waals surface area contributed by atoms with Crippen LogP contribution in [-0.2, 0) is 9.53 Å². The van der Waals surface area contributed by atoms with E-state index in [9.17, 15) is 14.4 Å². The van der Waals surface area contributed by atoms with E-state index in [4.69, 9.17) is 4.74 Å². The topological polar surface area (TPSA) is 88.3 Å². The summed E-state index contributed by atoms with van der Waals surface area (Å²) in [5.74, 6) is -1.01. The lowest BCUT2D eigenvalue weighted by Gasteiger charge is -2.18. The summed E-state index contributed by atoms with van der Waals surface area (Å²) in [6, 6.07) is 9.74. The number of anilines is 1. The second kappa shape index (κ2) is 7.34. The predicted octanol–water partition coefficient (Wildman–Crippen LogP) is 3.43. The normalized spacial score (nSPS) is 12.3. The Morgan fingerprint density at radius 3 is 2.24 bits per heavy atom. The Bertz CT molecular complexity index is 756. The minimum absolute atomic E-state index is 0.111. The molecule has 0 aliphatic rings. The lowest BCUT2D eigenvalue weighted by molar-refractivity contribution is -0.123. The zero-order chi connectivity index (χ0) is 18.6. The number of aromatic nitrogens is 1. The third-order valence-electron chi connectivity index (χ3n) is 3.58. The molecule has 132 valence electrons. The average molecular weight is 342 g/mol. The molecule has 2 rings (SSSR count). The van der Waals surface area contributed by atoms with Gasteiger partial charge in [-0.15, -0.1) is 0 Å². The van der Waals surface area contributed by atoms with Crippen LogP contribution in [-0.4, -0.2) is 28.7 Å². The summed E-state index contributed by atoms with van der Waals surface area (Å²) in [6.45, 7) is 6.99. The first-order valence-electron chi connectivity index (χ1n) is 7.98. The molecule has 1 aromatic heterocycles. The molecule has 6 nitrogen and oxygen atoms in total. The predicted molar refractivity (Wildman–Crippen MR) is 94.5 cm³/mol. The Balaban J connectivity index is 2.00. The van der Waals surface area contributed by atoms with E-state index in [1.54, 1.807) is 42.6 Å². The lowest BCUT2D eigenvalue weighted by atomic mass is 9.95. The average Bonchev–Trinajstić information content (AvgIpc) is 3.08. The molecular formula is C19H22N2O4. The number of esters is 1. The minimum atomic E-state index is -0.911. The summed E-state index contributed by atoms with van der Waals surface area (Å²) in [7, 11) is 0. The van der Waals surface area contributed by atoms with Gasteiger partial charge in [0.1, 0.15) is 5.69 Å².